The monoisotopic (exact) mass is 412 g/mol. The van der Waals surface area contributed by atoms with Gasteiger partial charge in [-0.1, -0.05) is 18.0 Å². The number of nitrogens with zero attached hydrogens (tertiary/aromatic N) is 4. The molecule has 0 saturated carbocycles. The number of likely N-dealkylation sites (tertiary alicyclic amines) is 1. The van der Waals surface area contributed by atoms with Crippen molar-refractivity contribution in [1.29, 1.82) is 0 Å². The van der Waals surface area contributed by atoms with E-state index in [4.69, 9.17) is 16.3 Å². The Morgan fingerprint density at radius 1 is 1.14 bits per heavy atom. The summed E-state index contributed by atoms with van der Waals surface area (Å²) < 4.78 is 7.46. The lowest BCUT2D eigenvalue weighted by Gasteiger charge is -2.26. The average Bonchev–Trinajstić information content (AvgIpc) is 2.74. The number of rotatable bonds is 6. The fraction of sp³-hybridized carbons (Fsp3) is 0.409. The van der Waals surface area contributed by atoms with Gasteiger partial charge in [0.05, 0.1) is 29.4 Å². The molecule has 7 heteroatoms. The van der Waals surface area contributed by atoms with E-state index in [0.29, 0.717) is 23.3 Å². The SMILES string of the molecule is Cc1nc2cnc(Cl)cc2c(=O)n1-c1ccc(OCCCN2CCCCC2)cc1. The number of benzene rings is 1. The summed E-state index contributed by atoms with van der Waals surface area (Å²) in [6.45, 7) is 6.01. The Bertz CT molecular complexity index is 1040. The standard InChI is InChI=1S/C22H25ClN4O2/c1-16-25-20-15-24-21(23)14-19(20)22(28)27(16)17-6-8-18(9-7-17)29-13-5-12-26-10-3-2-4-11-26/h6-9,14-15H,2-5,10-13H2,1H3. The van der Waals surface area contributed by atoms with Gasteiger partial charge in [0, 0.05) is 6.54 Å². The Kier molecular flexibility index (Phi) is 6.11. The van der Waals surface area contributed by atoms with E-state index in [-0.39, 0.29) is 10.7 Å². The van der Waals surface area contributed by atoms with Gasteiger partial charge in [-0.3, -0.25) is 9.36 Å². The van der Waals surface area contributed by atoms with Crippen molar-refractivity contribution >= 4 is 22.5 Å². The molecule has 0 N–H and O–H groups in total. The first-order chi connectivity index (χ1) is 14.1. The second-order valence-corrected chi connectivity index (χ2v) is 7.81. The predicted molar refractivity (Wildman–Crippen MR) is 115 cm³/mol. The summed E-state index contributed by atoms with van der Waals surface area (Å²) in [5.41, 5.74) is 1.13. The molecule has 1 saturated heterocycles. The molecule has 4 rings (SSSR count). The Morgan fingerprint density at radius 2 is 1.90 bits per heavy atom. The number of pyridine rings is 1. The lowest BCUT2D eigenvalue weighted by atomic mass is 10.1. The van der Waals surface area contributed by atoms with Gasteiger partial charge in [-0.25, -0.2) is 9.97 Å². The molecule has 0 radical (unpaired) electrons. The molecule has 0 amide bonds. The molecule has 2 aromatic heterocycles. The highest BCUT2D eigenvalue weighted by Gasteiger charge is 2.12. The van der Waals surface area contributed by atoms with Crippen LogP contribution in [0.2, 0.25) is 5.15 Å². The highest BCUT2D eigenvalue weighted by Crippen LogP contribution is 2.18. The van der Waals surface area contributed by atoms with E-state index in [1.165, 1.54) is 38.5 Å². The van der Waals surface area contributed by atoms with E-state index in [1.54, 1.807) is 17.6 Å². The van der Waals surface area contributed by atoms with Crippen molar-refractivity contribution in [2.45, 2.75) is 32.6 Å². The summed E-state index contributed by atoms with van der Waals surface area (Å²) in [7, 11) is 0. The molecule has 152 valence electrons. The molecule has 0 atom stereocenters. The second-order valence-electron chi connectivity index (χ2n) is 7.42. The lowest BCUT2D eigenvalue weighted by molar-refractivity contribution is 0.205. The fourth-order valence-electron chi connectivity index (χ4n) is 3.83. The van der Waals surface area contributed by atoms with Crippen molar-refractivity contribution in [2.75, 3.05) is 26.2 Å². The summed E-state index contributed by atoms with van der Waals surface area (Å²) in [4.78, 5) is 24.0. The van der Waals surface area contributed by atoms with Gasteiger partial charge < -0.3 is 9.64 Å². The predicted octanol–water partition coefficient (Wildman–Crippen LogP) is 4.00. The molecular formula is C22H25ClN4O2. The van der Waals surface area contributed by atoms with E-state index < -0.39 is 0 Å². The van der Waals surface area contributed by atoms with E-state index in [0.717, 1.165) is 24.4 Å². The Labute approximate surface area is 175 Å². The van der Waals surface area contributed by atoms with Gasteiger partial charge in [0.1, 0.15) is 16.7 Å². The van der Waals surface area contributed by atoms with Gasteiger partial charge in [0.2, 0.25) is 0 Å². The molecule has 0 aliphatic carbocycles. The molecule has 1 aliphatic rings. The van der Waals surface area contributed by atoms with Crippen LogP contribution in [-0.2, 0) is 0 Å². The van der Waals surface area contributed by atoms with Crippen molar-refractivity contribution in [2.24, 2.45) is 0 Å². The normalized spacial score (nSPS) is 15.0. The first kappa shape index (κ1) is 19.9. The first-order valence-electron chi connectivity index (χ1n) is 10.1. The highest BCUT2D eigenvalue weighted by molar-refractivity contribution is 6.30. The van der Waals surface area contributed by atoms with Crippen LogP contribution in [0, 0.1) is 6.92 Å². The summed E-state index contributed by atoms with van der Waals surface area (Å²) in [6, 6.07) is 9.11. The number of ether oxygens (including phenoxy) is 1. The smallest absolute Gasteiger partial charge is 0.266 e. The molecule has 1 aromatic carbocycles. The minimum Gasteiger partial charge on any atom is -0.494 e. The van der Waals surface area contributed by atoms with Crippen LogP contribution in [0.1, 0.15) is 31.5 Å². The van der Waals surface area contributed by atoms with Crippen molar-refractivity contribution in [3.63, 3.8) is 0 Å². The van der Waals surface area contributed by atoms with Crippen molar-refractivity contribution in [3.05, 3.63) is 57.9 Å². The molecule has 6 nitrogen and oxygen atoms in total. The largest absolute Gasteiger partial charge is 0.494 e. The minimum atomic E-state index is -0.160. The topological polar surface area (TPSA) is 60.3 Å². The fourth-order valence-corrected chi connectivity index (χ4v) is 3.99. The van der Waals surface area contributed by atoms with Gasteiger partial charge in [-0.2, -0.15) is 0 Å². The molecule has 0 bridgehead atoms. The number of piperidine rings is 1. The van der Waals surface area contributed by atoms with E-state index >= 15 is 0 Å². The Balaban J connectivity index is 1.44. The van der Waals surface area contributed by atoms with Crippen LogP contribution < -0.4 is 10.3 Å². The average molecular weight is 413 g/mol. The Hall–Kier alpha value is -2.44. The van der Waals surface area contributed by atoms with Gasteiger partial charge >= 0.3 is 0 Å². The molecule has 29 heavy (non-hydrogen) atoms. The first-order valence-corrected chi connectivity index (χ1v) is 10.5. The Morgan fingerprint density at radius 3 is 2.66 bits per heavy atom. The summed E-state index contributed by atoms with van der Waals surface area (Å²) in [5.74, 6) is 1.40. The van der Waals surface area contributed by atoms with Crippen LogP contribution in [-0.4, -0.2) is 45.7 Å². The maximum atomic E-state index is 12.9. The molecule has 1 fully saturated rings. The third-order valence-electron chi connectivity index (χ3n) is 5.32. The lowest BCUT2D eigenvalue weighted by Crippen LogP contribution is -2.31. The van der Waals surface area contributed by atoms with Gasteiger partial charge in [-0.15, -0.1) is 0 Å². The number of aryl methyl sites for hydroxylation is 1. The zero-order valence-corrected chi connectivity index (χ0v) is 17.4. The number of hydrogen-bond acceptors (Lipinski definition) is 5. The van der Waals surface area contributed by atoms with Crippen LogP contribution >= 0.6 is 11.6 Å². The van der Waals surface area contributed by atoms with Gasteiger partial charge in [-0.05, 0) is 69.6 Å². The third-order valence-corrected chi connectivity index (χ3v) is 5.53. The molecule has 3 heterocycles. The molecular weight excluding hydrogens is 388 g/mol. The maximum absolute atomic E-state index is 12.9. The highest BCUT2D eigenvalue weighted by atomic mass is 35.5. The van der Waals surface area contributed by atoms with E-state index in [2.05, 4.69) is 14.9 Å². The van der Waals surface area contributed by atoms with Crippen LogP contribution in [0.25, 0.3) is 16.6 Å². The quantitative estimate of drug-likeness (QED) is 0.452. The zero-order valence-electron chi connectivity index (χ0n) is 16.6. The number of fused-ring (bicyclic) bond motifs is 1. The van der Waals surface area contributed by atoms with Crippen molar-refractivity contribution in [3.8, 4) is 11.4 Å². The zero-order chi connectivity index (χ0) is 20.2. The molecule has 0 spiro atoms. The van der Waals surface area contributed by atoms with Crippen LogP contribution in [0.3, 0.4) is 0 Å². The van der Waals surface area contributed by atoms with E-state index in [9.17, 15) is 4.79 Å². The van der Waals surface area contributed by atoms with Gasteiger partial charge in [0.25, 0.3) is 5.56 Å². The van der Waals surface area contributed by atoms with Crippen LogP contribution in [0.15, 0.2) is 41.3 Å². The van der Waals surface area contributed by atoms with Crippen LogP contribution in [0.4, 0.5) is 0 Å². The van der Waals surface area contributed by atoms with E-state index in [1.807, 2.05) is 24.3 Å². The van der Waals surface area contributed by atoms with Crippen molar-refractivity contribution in [1.82, 2.24) is 19.4 Å². The number of halogens is 1. The summed E-state index contributed by atoms with van der Waals surface area (Å²) >= 11 is 5.95. The second kappa shape index (κ2) is 8.93. The molecule has 3 aromatic rings. The molecule has 0 unspecified atom stereocenters. The molecule has 1 aliphatic heterocycles. The third kappa shape index (κ3) is 4.60. The van der Waals surface area contributed by atoms with Crippen molar-refractivity contribution < 1.29 is 4.74 Å². The number of aromatic nitrogens is 3. The van der Waals surface area contributed by atoms with Crippen LogP contribution in [0.5, 0.6) is 5.75 Å². The van der Waals surface area contributed by atoms with Gasteiger partial charge in [0.15, 0.2) is 0 Å². The number of hydrogen-bond donors (Lipinski definition) is 0. The minimum absolute atomic E-state index is 0.160. The summed E-state index contributed by atoms with van der Waals surface area (Å²) in [6.07, 6.45) is 6.53. The summed E-state index contributed by atoms with van der Waals surface area (Å²) in [5, 5.41) is 0.730. The maximum Gasteiger partial charge on any atom is 0.266 e.